The molecule has 0 radical (unpaired) electrons. The second-order valence-electron chi connectivity index (χ2n) is 8.04. The van der Waals surface area contributed by atoms with Crippen LogP contribution in [0.15, 0.2) is 17.1 Å². The van der Waals surface area contributed by atoms with E-state index in [1.165, 1.54) is 30.4 Å². The first-order valence-electron chi connectivity index (χ1n) is 11.2. The minimum atomic E-state index is 0.113. The largest absolute Gasteiger partial charge is 0.493 e. The molecule has 7 nitrogen and oxygen atoms in total. The summed E-state index contributed by atoms with van der Waals surface area (Å²) < 4.78 is 10.9. The van der Waals surface area contributed by atoms with E-state index in [9.17, 15) is 4.79 Å². The Kier molecular flexibility index (Phi) is 8.22. The maximum Gasteiger partial charge on any atom is 0.222 e. The summed E-state index contributed by atoms with van der Waals surface area (Å²) in [5.74, 6) is 2.50. The number of aliphatic imine (C=N–C) groups is 1. The molecule has 166 valence electrons. The zero-order valence-electron chi connectivity index (χ0n) is 18.6. The van der Waals surface area contributed by atoms with E-state index in [2.05, 4.69) is 34.6 Å². The van der Waals surface area contributed by atoms with E-state index in [1.807, 2.05) is 0 Å². The van der Waals surface area contributed by atoms with Gasteiger partial charge >= 0.3 is 0 Å². The summed E-state index contributed by atoms with van der Waals surface area (Å²) in [5.41, 5.74) is 2.51. The third-order valence-electron chi connectivity index (χ3n) is 5.92. The zero-order valence-corrected chi connectivity index (χ0v) is 18.6. The molecular formula is C23H36N4O3. The number of fused-ring (bicyclic) bond motifs is 1. The molecule has 0 aromatic heterocycles. The quantitative estimate of drug-likeness (QED) is 0.528. The van der Waals surface area contributed by atoms with E-state index in [-0.39, 0.29) is 5.91 Å². The van der Waals surface area contributed by atoms with E-state index >= 15 is 0 Å². The van der Waals surface area contributed by atoms with Crippen molar-refractivity contribution in [1.29, 1.82) is 0 Å². The number of hydrogen-bond donors (Lipinski definition) is 2. The Bertz CT molecular complexity index is 744. The smallest absolute Gasteiger partial charge is 0.222 e. The van der Waals surface area contributed by atoms with Gasteiger partial charge < -0.3 is 25.0 Å². The summed E-state index contributed by atoms with van der Waals surface area (Å²) in [5, 5.41) is 6.55. The van der Waals surface area contributed by atoms with Crippen molar-refractivity contribution in [3.8, 4) is 11.5 Å². The Labute approximate surface area is 180 Å². The van der Waals surface area contributed by atoms with Gasteiger partial charge in [0.2, 0.25) is 5.91 Å². The lowest BCUT2D eigenvalue weighted by molar-refractivity contribution is -0.121. The normalized spacial score (nSPS) is 17.3. The minimum Gasteiger partial charge on any atom is -0.493 e. The van der Waals surface area contributed by atoms with E-state index in [0.717, 1.165) is 56.4 Å². The number of nitrogens with zero attached hydrogens (tertiary/aromatic N) is 2. The average Bonchev–Trinajstić information content (AvgIpc) is 2.77. The van der Waals surface area contributed by atoms with Crippen LogP contribution in [0.2, 0.25) is 0 Å². The number of hydrogen-bond acceptors (Lipinski definition) is 4. The molecule has 1 aromatic carbocycles. The fourth-order valence-electron chi connectivity index (χ4n) is 4.30. The van der Waals surface area contributed by atoms with Crippen LogP contribution < -0.4 is 20.1 Å². The number of carbonyl (C=O) groups is 1. The van der Waals surface area contributed by atoms with Gasteiger partial charge in [0.1, 0.15) is 0 Å². The lowest BCUT2D eigenvalue weighted by atomic mass is 9.95. The van der Waals surface area contributed by atoms with Crippen molar-refractivity contribution in [2.75, 3.05) is 33.9 Å². The van der Waals surface area contributed by atoms with E-state index in [1.54, 1.807) is 14.2 Å². The molecule has 0 saturated heterocycles. The number of rotatable bonds is 7. The number of ether oxygens (including phenoxy) is 2. The standard InChI is InChI=1S/C23H36N4O3/c1-4-24-23(25-12-10-22(28)26-19-8-6-5-7-9-19)27-13-11-17-14-20(29-2)21(30-3)15-18(17)16-27/h14-15,19H,4-13,16H2,1-3H3,(H,24,25)(H,26,28). The summed E-state index contributed by atoms with van der Waals surface area (Å²) in [7, 11) is 3.33. The monoisotopic (exact) mass is 416 g/mol. The highest BCUT2D eigenvalue weighted by atomic mass is 16.5. The molecule has 0 bridgehead atoms. The zero-order chi connectivity index (χ0) is 21.3. The van der Waals surface area contributed by atoms with E-state index in [0.29, 0.717) is 19.0 Å². The van der Waals surface area contributed by atoms with Crippen LogP contribution in [0, 0.1) is 0 Å². The first-order chi connectivity index (χ1) is 14.6. The fourth-order valence-corrected chi connectivity index (χ4v) is 4.30. The van der Waals surface area contributed by atoms with Gasteiger partial charge in [-0.2, -0.15) is 0 Å². The second-order valence-corrected chi connectivity index (χ2v) is 8.04. The van der Waals surface area contributed by atoms with Gasteiger partial charge in [-0.3, -0.25) is 9.79 Å². The fraction of sp³-hybridized carbons (Fsp3) is 0.652. The predicted octanol–water partition coefficient (Wildman–Crippen LogP) is 2.87. The highest BCUT2D eigenvalue weighted by Gasteiger charge is 2.22. The molecule has 30 heavy (non-hydrogen) atoms. The minimum absolute atomic E-state index is 0.113. The van der Waals surface area contributed by atoms with Crippen LogP contribution in [0.3, 0.4) is 0 Å². The van der Waals surface area contributed by atoms with Gasteiger partial charge in [-0.05, 0) is 49.4 Å². The first kappa shape index (κ1) is 22.2. The van der Waals surface area contributed by atoms with Crippen molar-refractivity contribution in [3.63, 3.8) is 0 Å². The van der Waals surface area contributed by atoms with Crippen LogP contribution in [0.1, 0.15) is 56.6 Å². The number of guanidine groups is 1. The van der Waals surface area contributed by atoms with Gasteiger partial charge in [0.25, 0.3) is 0 Å². The van der Waals surface area contributed by atoms with Crippen molar-refractivity contribution in [1.82, 2.24) is 15.5 Å². The van der Waals surface area contributed by atoms with Crippen LogP contribution in [0.25, 0.3) is 0 Å². The van der Waals surface area contributed by atoms with Crippen LogP contribution >= 0.6 is 0 Å². The molecule has 1 heterocycles. The molecule has 0 unspecified atom stereocenters. The van der Waals surface area contributed by atoms with Gasteiger partial charge in [-0.25, -0.2) is 0 Å². The lowest BCUT2D eigenvalue weighted by Crippen LogP contribution is -2.44. The van der Waals surface area contributed by atoms with Crippen molar-refractivity contribution in [3.05, 3.63) is 23.3 Å². The molecule has 0 atom stereocenters. The molecule has 1 aliphatic heterocycles. The third kappa shape index (κ3) is 5.80. The topological polar surface area (TPSA) is 75.2 Å². The summed E-state index contributed by atoms with van der Waals surface area (Å²) in [6.45, 7) is 4.99. The molecule has 1 aliphatic carbocycles. The molecular weight excluding hydrogens is 380 g/mol. The molecule has 1 saturated carbocycles. The van der Waals surface area contributed by atoms with Gasteiger partial charge in [0, 0.05) is 32.1 Å². The molecule has 1 fully saturated rings. The van der Waals surface area contributed by atoms with Gasteiger partial charge in [0.15, 0.2) is 17.5 Å². The number of carbonyl (C=O) groups excluding carboxylic acids is 1. The maximum atomic E-state index is 12.3. The van der Waals surface area contributed by atoms with Crippen LogP contribution in [-0.2, 0) is 17.8 Å². The first-order valence-corrected chi connectivity index (χ1v) is 11.2. The predicted molar refractivity (Wildman–Crippen MR) is 119 cm³/mol. The lowest BCUT2D eigenvalue weighted by Gasteiger charge is -2.32. The van der Waals surface area contributed by atoms with Crippen molar-refractivity contribution >= 4 is 11.9 Å². The van der Waals surface area contributed by atoms with Crippen molar-refractivity contribution in [2.45, 2.75) is 64.5 Å². The Hall–Kier alpha value is -2.44. The number of methoxy groups -OCH3 is 2. The molecule has 3 rings (SSSR count). The highest BCUT2D eigenvalue weighted by Crippen LogP contribution is 2.33. The molecule has 2 N–H and O–H groups in total. The molecule has 0 spiro atoms. The Morgan fingerprint density at radius 2 is 1.83 bits per heavy atom. The SMILES string of the molecule is CCNC(=NCCC(=O)NC1CCCCC1)N1CCc2cc(OC)c(OC)cc2C1. The summed E-state index contributed by atoms with van der Waals surface area (Å²) >= 11 is 0. The van der Waals surface area contributed by atoms with Crippen LogP contribution in [0.4, 0.5) is 0 Å². The molecule has 1 amide bonds. The van der Waals surface area contributed by atoms with Crippen LogP contribution in [-0.4, -0.2) is 56.7 Å². The number of benzene rings is 1. The molecule has 2 aliphatic rings. The molecule has 7 heteroatoms. The van der Waals surface area contributed by atoms with Crippen molar-refractivity contribution in [2.24, 2.45) is 4.99 Å². The van der Waals surface area contributed by atoms with Gasteiger partial charge in [-0.1, -0.05) is 19.3 Å². The summed E-state index contributed by atoms with van der Waals surface area (Å²) in [6, 6.07) is 4.49. The van der Waals surface area contributed by atoms with E-state index in [4.69, 9.17) is 14.5 Å². The van der Waals surface area contributed by atoms with Gasteiger partial charge in [-0.15, -0.1) is 0 Å². The summed E-state index contributed by atoms with van der Waals surface area (Å²) in [6.07, 6.45) is 7.31. The summed E-state index contributed by atoms with van der Waals surface area (Å²) in [4.78, 5) is 19.3. The number of amides is 1. The van der Waals surface area contributed by atoms with Crippen LogP contribution in [0.5, 0.6) is 11.5 Å². The molecule has 1 aromatic rings. The Balaban J connectivity index is 1.59. The number of nitrogens with one attached hydrogen (secondary N) is 2. The van der Waals surface area contributed by atoms with Gasteiger partial charge in [0.05, 0.1) is 20.8 Å². The average molecular weight is 417 g/mol. The Morgan fingerprint density at radius 1 is 1.13 bits per heavy atom. The maximum absolute atomic E-state index is 12.3. The second kappa shape index (κ2) is 11.1. The van der Waals surface area contributed by atoms with Crippen molar-refractivity contribution < 1.29 is 14.3 Å². The third-order valence-corrected chi connectivity index (χ3v) is 5.92. The highest BCUT2D eigenvalue weighted by molar-refractivity contribution is 5.81. The van der Waals surface area contributed by atoms with E-state index < -0.39 is 0 Å². The Morgan fingerprint density at radius 3 is 2.50 bits per heavy atom.